The van der Waals surface area contributed by atoms with Gasteiger partial charge in [0.25, 0.3) is 5.91 Å². The Bertz CT molecular complexity index is 625. The second-order valence-electron chi connectivity index (χ2n) is 4.99. The van der Waals surface area contributed by atoms with E-state index < -0.39 is 0 Å². The van der Waals surface area contributed by atoms with Gasteiger partial charge in [0.05, 0.1) is 13.2 Å². The van der Waals surface area contributed by atoms with E-state index in [2.05, 4.69) is 5.32 Å². The Labute approximate surface area is 130 Å². The predicted octanol–water partition coefficient (Wildman–Crippen LogP) is 2.90. The fraction of sp³-hybridized carbons (Fsp3) is 0.278. The molecule has 2 N–H and O–H groups in total. The largest absolute Gasteiger partial charge is 0.494 e. The van der Waals surface area contributed by atoms with Crippen LogP contribution in [0, 0.1) is 0 Å². The van der Waals surface area contributed by atoms with Gasteiger partial charge in [0.1, 0.15) is 5.75 Å². The predicted molar refractivity (Wildman–Crippen MR) is 85.8 cm³/mol. The molecule has 0 spiro atoms. The Morgan fingerprint density at radius 1 is 1.14 bits per heavy atom. The fourth-order valence-electron chi connectivity index (χ4n) is 2.11. The molecule has 4 heteroatoms. The highest BCUT2D eigenvalue weighted by Gasteiger charge is 2.08. The van der Waals surface area contributed by atoms with Crippen LogP contribution in [0.3, 0.4) is 0 Å². The lowest BCUT2D eigenvalue weighted by atomic mass is 10.1. The van der Waals surface area contributed by atoms with Gasteiger partial charge in [-0.05, 0) is 35.7 Å². The SMILES string of the molecule is CCCOc1cccc(C(=O)NCc2ccccc2CO)c1. The smallest absolute Gasteiger partial charge is 0.251 e. The van der Waals surface area contributed by atoms with Gasteiger partial charge in [-0.15, -0.1) is 0 Å². The molecule has 0 aliphatic heterocycles. The van der Waals surface area contributed by atoms with Crippen LogP contribution in [0.5, 0.6) is 5.75 Å². The van der Waals surface area contributed by atoms with E-state index >= 15 is 0 Å². The van der Waals surface area contributed by atoms with E-state index in [1.165, 1.54) is 0 Å². The highest BCUT2D eigenvalue weighted by atomic mass is 16.5. The maximum atomic E-state index is 12.2. The summed E-state index contributed by atoms with van der Waals surface area (Å²) < 4.78 is 5.53. The minimum Gasteiger partial charge on any atom is -0.494 e. The first-order valence-electron chi connectivity index (χ1n) is 7.43. The first-order chi connectivity index (χ1) is 10.7. The van der Waals surface area contributed by atoms with Gasteiger partial charge in [-0.3, -0.25) is 4.79 Å². The molecule has 0 aliphatic carbocycles. The molecular weight excluding hydrogens is 278 g/mol. The lowest BCUT2D eigenvalue weighted by Crippen LogP contribution is -2.23. The Morgan fingerprint density at radius 3 is 2.64 bits per heavy atom. The van der Waals surface area contributed by atoms with Crippen LogP contribution < -0.4 is 10.1 Å². The quantitative estimate of drug-likeness (QED) is 0.826. The van der Waals surface area contributed by atoms with E-state index in [9.17, 15) is 9.90 Å². The zero-order valence-electron chi connectivity index (χ0n) is 12.7. The zero-order chi connectivity index (χ0) is 15.8. The van der Waals surface area contributed by atoms with Crippen LogP contribution in [0.25, 0.3) is 0 Å². The third kappa shape index (κ3) is 4.33. The number of hydrogen-bond acceptors (Lipinski definition) is 3. The van der Waals surface area contributed by atoms with Crippen molar-refractivity contribution < 1.29 is 14.6 Å². The summed E-state index contributed by atoms with van der Waals surface area (Å²) in [5, 5.41) is 12.2. The van der Waals surface area contributed by atoms with E-state index in [-0.39, 0.29) is 12.5 Å². The van der Waals surface area contributed by atoms with E-state index in [0.29, 0.717) is 24.5 Å². The Hall–Kier alpha value is -2.33. The van der Waals surface area contributed by atoms with Gasteiger partial charge in [-0.25, -0.2) is 0 Å². The van der Waals surface area contributed by atoms with E-state index in [1.807, 2.05) is 43.3 Å². The second kappa shape index (κ2) is 8.20. The lowest BCUT2D eigenvalue weighted by molar-refractivity contribution is 0.0950. The number of carbonyl (C=O) groups is 1. The van der Waals surface area contributed by atoms with Crippen LogP contribution in [-0.4, -0.2) is 17.6 Å². The molecule has 2 aromatic rings. The number of aliphatic hydroxyl groups excluding tert-OH is 1. The minimum atomic E-state index is -0.158. The summed E-state index contributed by atoms with van der Waals surface area (Å²) in [4.78, 5) is 12.2. The van der Waals surface area contributed by atoms with Crippen molar-refractivity contribution in [1.82, 2.24) is 5.32 Å². The molecule has 2 rings (SSSR count). The average Bonchev–Trinajstić information content (AvgIpc) is 2.58. The van der Waals surface area contributed by atoms with Crippen molar-refractivity contribution in [2.45, 2.75) is 26.5 Å². The number of ether oxygens (including phenoxy) is 1. The molecule has 0 bridgehead atoms. The molecule has 2 aromatic carbocycles. The van der Waals surface area contributed by atoms with Crippen molar-refractivity contribution in [2.75, 3.05) is 6.61 Å². The Kier molecular flexibility index (Phi) is 5.98. The molecule has 116 valence electrons. The van der Waals surface area contributed by atoms with Crippen molar-refractivity contribution >= 4 is 5.91 Å². The summed E-state index contributed by atoms with van der Waals surface area (Å²) in [5.74, 6) is 0.542. The number of amides is 1. The van der Waals surface area contributed by atoms with Crippen molar-refractivity contribution in [3.05, 3.63) is 65.2 Å². The highest BCUT2D eigenvalue weighted by Crippen LogP contribution is 2.14. The topological polar surface area (TPSA) is 58.6 Å². The van der Waals surface area contributed by atoms with E-state index in [1.54, 1.807) is 12.1 Å². The van der Waals surface area contributed by atoms with Gasteiger partial charge >= 0.3 is 0 Å². The third-order valence-electron chi connectivity index (χ3n) is 3.30. The first-order valence-corrected chi connectivity index (χ1v) is 7.43. The van der Waals surface area contributed by atoms with Gasteiger partial charge in [0, 0.05) is 12.1 Å². The number of benzene rings is 2. The minimum absolute atomic E-state index is 0.0353. The number of carbonyl (C=O) groups excluding carboxylic acids is 1. The van der Waals surface area contributed by atoms with Gasteiger partial charge in [-0.1, -0.05) is 37.3 Å². The number of nitrogens with one attached hydrogen (secondary N) is 1. The van der Waals surface area contributed by atoms with Crippen LogP contribution >= 0.6 is 0 Å². The molecular formula is C18H21NO3. The lowest BCUT2D eigenvalue weighted by Gasteiger charge is -2.10. The molecule has 0 aliphatic rings. The van der Waals surface area contributed by atoms with Crippen molar-refractivity contribution in [3.63, 3.8) is 0 Å². The Balaban J connectivity index is 2.00. The number of aliphatic hydroxyl groups is 1. The third-order valence-corrected chi connectivity index (χ3v) is 3.30. The van der Waals surface area contributed by atoms with E-state index in [0.717, 1.165) is 17.5 Å². The summed E-state index contributed by atoms with van der Waals surface area (Å²) >= 11 is 0. The van der Waals surface area contributed by atoms with E-state index in [4.69, 9.17) is 4.74 Å². The zero-order valence-corrected chi connectivity index (χ0v) is 12.7. The van der Waals surface area contributed by atoms with Gasteiger partial charge in [0.15, 0.2) is 0 Å². The normalized spacial score (nSPS) is 10.3. The first kappa shape index (κ1) is 16.0. The summed E-state index contributed by atoms with van der Waals surface area (Å²) in [6.45, 7) is 3.02. The molecule has 0 aromatic heterocycles. The van der Waals surface area contributed by atoms with Crippen LogP contribution in [0.1, 0.15) is 34.8 Å². The second-order valence-corrected chi connectivity index (χ2v) is 4.99. The van der Waals surface area contributed by atoms with Crippen LogP contribution in [0.2, 0.25) is 0 Å². The van der Waals surface area contributed by atoms with Crippen LogP contribution in [0.15, 0.2) is 48.5 Å². The van der Waals surface area contributed by atoms with Crippen LogP contribution in [-0.2, 0) is 13.2 Å². The fourth-order valence-corrected chi connectivity index (χ4v) is 2.11. The molecule has 0 saturated carbocycles. The maximum Gasteiger partial charge on any atom is 0.251 e. The maximum absolute atomic E-state index is 12.2. The molecule has 0 fully saturated rings. The van der Waals surface area contributed by atoms with Crippen molar-refractivity contribution in [3.8, 4) is 5.75 Å². The molecule has 1 amide bonds. The summed E-state index contributed by atoms with van der Waals surface area (Å²) in [5.41, 5.74) is 2.30. The molecule has 4 nitrogen and oxygen atoms in total. The summed E-state index contributed by atoms with van der Waals surface area (Å²) in [6.07, 6.45) is 0.925. The standard InChI is InChI=1S/C18H21NO3/c1-2-10-22-17-9-5-8-14(11-17)18(21)19-12-15-6-3-4-7-16(15)13-20/h3-9,11,20H,2,10,12-13H2,1H3,(H,19,21). The Morgan fingerprint density at radius 2 is 1.91 bits per heavy atom. The monoisotopic (exact) mass is 299 g/mol. The number of rotatable bonds is 7. The summed E-state index contributed by atoms with van der Waals surface area (Å²) in [6, 6.07) is 14.6. The molecule has 0 saturated heterocycles. The molecule has 0 heterocycles. The average molecular weight is 299 g/mol. The van der Waals surface area contributed by atoms with Crippen molar-refractivity contribution in [1.29, 1.82) is 0 Å². The summed E-state index contributed by atoms with van der Waals surface area (Å²) in [7, 11) is 0. The molecule has 22 heavy (non-hydrogen) atoms. The highest BCUT2D eigenvalue weighted by molar-refractivity contribution is 5.94. The van der Waals surface area contributed by atoms with Crippen molar-refractivity contribution in [2.24, 2.45) is 0 Å². The molecule has 0 atom stereocenters. The number of hydrogen-bond donors (Lipinski definition) is 2. The molecule has 0 unspecified atom stereocenters. The van der Waals surface area contributed by atoms with Crippen LogP contribution in [0.4, 0.5) is 0 Å². The van der Waals surface area contributed by atoms with Gasteiger partial charge in [-0.2, -0.15) is 0 Å². The van der Waals surface area contributed by atoms with Gasteiger partial charge < -0.3 is 15.2 Å². The van der Waals surface area contributed by atoms with Gasteiger partial charge in [0.2, 0.25) is 0 Å². The molecule has 0 radical (unpaired) electrons.